The van der Waals surface area contributed by atoms with Crippen LogP contribution in [0.4, 0.5) is 0 Å². The summed E-state index contributed by atoms with van der Waals surface area (Å²) in [5.41, 5.74) is 1.23. The second-order valence-electron chi connectivity index (χ2n) is 5.14. The highest BCUT2D eigenvalue weighted by molar-refractivity contribution is 6.33. The van der Waals surface area contributed by atoms with E-state index in [1.165, 1.54) is 24.8 Å². The Kier molecular flexibility index (Phi) is 4.94. The summed E-state index contributed by atoms with van der Waals surface area (Å²) in [5.74, 6) is 1.25. The lowest BCUT2D eigenvalue weighted by atomic mass is 9.65. The zero-order valence-electron chi connectivity index (χ0n) is 11.0. The summed E-state index contributed by atoms with van der Waals surface area (Å²) >= 11 is 12.4. The Bertz CT molecular complexity index is 405. The normalized spacial score (nSPS) is 27.0. The summed E-state index contributed by atoms with van der Waals surface area (Å²) in [4.78, 5) is 0. The molecule has 1 saturated carbocycles. The highest BCUT2D eigenvalue weighted by Gasteiger charge is 2.40. The third-order valence-electron chi connectivity index (χ3n) is 4.03. The number of hydrogen-bond donors (Lipinski definition) is 1. The minimum Gasteiger partial charge on any atom is -0.314 e. The van der Waals surface area contributed by atoms with Crippen molar-refractivity contribution in [1.29, 1.82) is 0 Å². The van der Waals surface area contributed by atoms with Crippen molar-refractivity contribution in [3.05, 3.63) is 33.8 Å². The van der Waals surface area contributed by atoms with Gasteiger partial charge in [0.25, 0.3) is 0 Å². The molecule has 1 aliphatic carbocycles. The van der Waals surface area contributed by atoms with Gasteiger partial charge in [-0.3, -0.25) is 0 Å². The van der Waals surface area contributed by atoms with E-state index in [2.05, 4.69) is 19.2 Å². The van der Waals surface area contributed by atoms with E-state index in [1.807, 2.05) is 18.2 Å². The van der Waals surface area contributed by atoms with Gasteiger partial charge in [0.1, 0.15) is 0 Å². The van der Waals surface area contributed by atoms with E-state index in [0.29, 0.717) is 17.9 Å². The Labute approximate surface area is 120 Å². The molecule has 3 unspecified atom stereocenters. The maximum absolute atomic E-state index is 6.30. The van der Waals surface area contributed by atoms with Crippen LogP contribution in [0.15, 0.2) is 18.2 Å². The van der Waals surface area contributed by atoms with Crippen molar-refractivity contribution in [3.8, 4) is 0 Å². The third-order valence-corrected chi connectivity index (χ3v) is 4.61. The monoisotopic (exact) mass is 285 g/mol. The Morgan fingerprint density at radius 2 is 2.06 bits per heavy atom. The van der Waals surface area contributed by atoms with Gasteiger partial charge in [0.15, 0.2) is 0 Å². The number of rotatable bonds is 5. The van der Waals surface area contributed by atoms with Gasteiger partial charge in [0.05, 0.1) is 0 Å². The first-order valence-electron chi connectivity index (χ1n) is 6.85. The van der Waals surface area contributed by atoms with Crippen molar-refractivity contribution < 1.29 is 0 Å². The van der Waals surface area contributed by atoms with Gasteiger partial charge in [-0.25, -0.2) is 0 Å². The summed E-state index contributed by atoms with van der Waals surface area (Å²) in [6, 6.07) is 6.46. The van der Waals surface area contributed by atoms with Crippen molar-refractivity contribution in [2.75, 3.05) is 6.54 Å². The number of nitrogens with one attached hydrogen (secondary N) is 1. The lowest BCUT2D eigenvalue weighted by molar-refractivity contribution is 0.161. The smallest absolute Gasteiger partial charge is 0.0441 e. The Morgan fingerprint density at radius 3 is 2.72 bits per heavy atom. The van der Waals surface area contributed by atoms with Gasteiger partial charge in [-0.1, -0.05) is 43.5 Å². The predicted molar refractivity (Wildman–Crippen MR) is 79.7 cm³/mol. The van der Waals surface area contributed by atoms with Gasteiger partial charge >= 0.3 is 0 Å². The van der Waals surface area contributed by atoms with Crippen LogP contribution in [0.25, 0.3) is 0 Å². The number of benzene rings is 1. The van der Waals surface area contributed by atoms with Gasteiger partial charge in [-0.15, -0.1) is 0 Å². The maximum Gasteiger partial charge on any atom is 0.0441 e. The molecule has 100 valence electrons. The van der Waals surface area contributed by atoms with Crippen LogP contribution in [0.5, 0.6) is 0 Å². The van der Waals surface area contributed by atoms with Crippen LogP contribution in [0, 0.1) is 5.92 Å². The first kappa shape index (κ1) is 14.2. The predicted octanol–water partition coefficient (Wildman–Crippen LogP) is 4.88. The molecule has 0 saturated heterocycles. The Balaban J connectivity index is 2.08. The molecule has 0 aliphatic heterocycles. The van der Waals surface area contributed by atoms with Crippen molar-refractivity contribution in [1.82, 2.24) is 5.32 Å². The number of hydrogen-bond acceptors (Lipinski definition) is 1. The Morgan fingerprint density at radius 1 is 1.28 bits per heavy atom. The fourth-order valence-corrected chi connectivity index (χ4v) is 3.44. The largest absolute Gasteiger partial charge is 0.314 e. The van der Waals surface area contributed by atoms with E-state index in [0.717, 1.165) is 16.6 Å². The van der Waals surface area contributed by atoms with Crippen LogP contribution in [0.2, 0.25) is 10.0 Å². The lowest BCUT2D eigenvalue weighted by Gasteiger charge is -2.46. The van der Waals surface area contributed by atoms with Gasteiger partial charge in [-0.05, 0) is 55.0 Å². The minimum absolute atomic E-state index is 0.565. The molecule has 0 amide bonds. The second-order valence-corrected chi connectivity index (χ2v) is 5.98. The van der Waals surface area contributed by atoms with Crippen LogP contribution >= 0.6 is 23.2 Å². The van der Waals surface area contributed by atoms with E-state index >= 15 is 0 Å². The third kappa shape index (κ3) is 2.84. The summed E-state index contributed by atoms with van der Waals surface area (Å²) in [6.07, 6.45) is 3.56. The Hall–Kier alpha value is -0.240. The maximum atomic E-state index is 6.30. The highest BCUT2D eigenvalue weighted by Crippen LogP contribution is 2.47. The molecule has 0 heterocycles. The zero-order valence-corrected chi connectivity index (χ0v) is 12.6. The molecular weight excluding hydrogens is 265 g/mol. The van der Waals surface area contributed by atoms with Crippen molar-refractivity contribution >= 4 is 23.2 Å². The quantitative estimate of drug-likeness (QED) is 0.813. The van der Waals surface area contributed by atoms with Crippen molar-refractivity contribution in [2.24, 2.45) is 5.92 Å². The lowest BCUT2D eigenvalue weighted by Crippen LogP contribution is -2.49. The summed E-state index contributed by atoms with van der Waals surface area (Å²) in [7, 11) is 0. The van der Waals surface area contributed by atoms with Gasteiger partial charge in [0, 0.05) is 16.1 Å². The van der Waals surface area contributed by atoms with Gasteiger partial charge in [0.2, 0.25) is 0 Å². The van der Waals surface area contributed by atoms with Crippen LogP contribution in [0.3, 0.4) is 0 Å². The molecule has 3 atom stereocenters. The first-order valence-corrected chi connectivity index (χ1v) is 7.61. The highest BCUT2D eigenvalue weighted by atomic mass is 35.5. The summed E-state index contributed by atoms with van der Waals surface area (Å²) in [5, 5.41) is 5.27. The average Bonchev–Trinajstić information content (AvgIpc) is 2.33. The molecule has 1 N–H and O–H groups in total. The first-order chi connectivity index (χ1) is 8.67. The molecule has 3 heteroatoms. The summed E-state index contributed by atoms with van der Waals surface area (Å²) in [6.45, 7) is 5.57. The molecule has 0 aromatic heterocycles. The fraction of sp³-hybridized carbons (Fsp3) is 0.600. The van der Waals surface area contributed by atoms with Crippen molar-refractivity contribution in [3.63, 3.8) is 0 Å². The molecule has 1 fully saturated rings. The van der Waals surface area contributed by atoms with Gasteiger partial charge < -0.3 is 5.32 Å². The topological polar surface area (TPSA) is 12.0 Å². The van der Waals surface area contributed by atoms with Crippen LogP contribution < -0.4 is 5.32 Å². The van der Waals surface area contributed by atoms with E-state index < -0.39 is 0 Å². The van der Waals surface area contributed by atoms with E-state index in [4.69, 9.17) is 23.2 Å². The van der Waals surface area contributed by atoms with Crippen molar-refractivity contribution in [2.45, 2.75) is 45.1 Å². The molecular formula is C15H21Cl2N. The van der Waals surface area contributed by atoms with E-state index in [1.54, 1.807) is 0 Å². The molecule has 0 bridgehead atoms. The van der Waals surface area contributed by atoms with Crippen LogP contribution in [-0.2, 0) is 0 Å². The van der Waals surface area contributed by atoms with E-state index in [-0.39, 0.29) is 0 Å². The molecule has 0 radical (unpaired) electrons. The molecule has 1 aromatic carbocycles. The molecule has 1 aliphatic rings. The zero-order chi connectivity index (χ0) is 13.1. The van der Waals surface area contributed by atoms with E-state index in [9.17, 15) is 0 Å². The fourth-order valence-electron chi connectivity index (χ4n) is 3.00. The second kappa shape index (κ2) is 6.27. The average molecular weight is 286 g/mol. The summed E-state index contributed by atoms with van der Waals surface area (Å²) < 4.78 is 0. The SMILES string of the molecule is CCCNC1CC(c2cc(Cl)ccc2Cl)C1CC. The number of halogens is 2. The molecule has 1 nitrogen and oxygen atoms in total. The van der Waals surface area contributed by atoms with Crippen LogP contribution in [0.1, 0.15) is 44.6 Å². The molecule has 18 heavy (non-hydrogen) atoms. The molecule has 2 rings (SSSR count). The molecule has 0 spiro atoms. The molecule has 1 aromatic rings. The van der Waals surface area contributed by atoms with Crippen LogP contribution in [-0.4, -0.2) is 12.6 Å². The minimum atomic E-state index is 0.565. The standard InChI is InChI=1S/C15H21Cl2N/c1-3-7-18-15-9-12(11(15)4-2)13-8-10(16)5-6-14(13)17/h5-6,8,11-12,15,18H,3-4,7,9H2,1-2H3. The van der Waals surface area contributed by atoms with Gasteiger partial charge in [-0.2, -0.15) is 0 Å².